The number of hydrogen-bond acceptors (Lipinski definition) is 4. The highest BCUT2D eigenvalue weighted by molar-refractivity contribution is 9.10. The molecule has 1 fully saturated rings. The Labute approximate surface area is 109 Å². The van der Waals surface area contributed by atoms with E-state index < -0.39 is 0 Å². The number of halogens is 1. The van der Waals surface area contributed by atoms with Crippen molar-refractivity contribution in [1.82, 2.24) is 10.3 Å². The van der Waals surface area contributed by atoms with Gasteiger partial charge in [0, 0.05) is 30.6 Å². The first-order valence-electron chi connectivity index (χ1n) is 5.85. The van der Waals surface area contributed by atoms with E-state index in [0.29, 0.717) is 12.1 Å². The second kappa shape index (κ2) is 5.47. The molecule has 0 bridgehead atoms. The lowest BCUT2D eigenvalue weighted by molar-refractivity contribution is 0.378. The first kappa shape index (κ1) is 12.3. The van der Waals surface area contributed by atoms with E-state index in [1.54, 1.807) is 11.3 Å². The SMILES string of the molecule is CCC1CN(c2nc(Br)cs2)C(CC)CN1. The molecule has 1 aromatic rings. The van der Waals surface area contributed by atoms with Crippen molar-refractivity contribution >= 4 is 32.4 Å². The van der Waals surface area contributed by atoms with Crippen molar-refractivity contribution in [2.24, 2.45) is 0 Å². The minimum absolute atomic E-state index is 0.584. The Morgan fingerprint density at radius 3 is 2.94 bits per heavy atom. The van der Waals surface area contributed by atoms with Gasteiger partial charge in [-0.1, -0.05) is 13.8 Å². The largest absolute Gasteiger partial charge is 0.342 e. The second-order valence-electron chi connectivity index (χ2n) is 4.18. The molecule has 5 heteroatoms. The van der Waals surface area contributed by atoms with Crippen LogP contribution >= 0.6 is 27.3 Å². The van der Waals surface area contributed by atoms with E-state index in [-0.39, 0.29) is 0 Å². The van der Waals surface area contributed by atoms with Gasteiger partial charge in [-0.05, 0) is 28.8 Å². The summed E-state index contributed by atoms with van der Waals surface area (Å²) in [7, 11) is 0. The number of rotatable bonds is 3. The topological polar surface area (TPSA) is 28.2 Å². The first-order valence-corrected chi connectivity index (χ1v) is 7.52. The van der Waals surface area contributed by atoms with Crippen LogP contribution in [0.15, 0.2) is 9.98 Å². The van der Waals surface area contributed by atoms with Gasteiger partial charge in [-0.15, -0.1) is 11.3 Å². The fourth-order valence-electron chi connectivity index (χ4n) is 2.11. The summed E-state index contributed by atoms with van der Waals surface area (Å²) in [4.78, 5) is 6.99. The van der Waals surface area contributed by atoms with Crippen LogP contribution in [0.4, 0.5) is 5.13 Å². The second-order valence-corrected chi connectivity index (χ2v) is 5.83. The van der Waals surface area contributed by atoms with Crippen LogP contribution in [0.5, 0.6) is 0 Å². The van der Waals surface area contributed by atoms with Crippen LogP contribution in [0.1, 0.15) is 26.7 Å². The van der Waals surface area contributed by atoms with E-state index in [4.69, 9.17) is 0 Å². The zero-order chi connectivity index (χ0) is 11.5. The highest BCUT2D eigenvalue weighted by Crippen LogP contribution is 2.27. The Balaban J connectivity index is 2.14. The van der Waals surface area contributed by atoms with Crippen LogP contribution < -0.4 is 10.2 Å². The Morgan fingerprint density at radius 1 is 1.56 bits per heavy atom. The summed E-state index contributed by atoms with van der Waals surface area (Å²) in [5.74, 6) is 0. The lowest BCUT2D eigenvalue weighted by atomic mass is 10.1. The lowest BCUT2D eigenvalue weighted by Gasteiger charge is -2.39. The van der Waals surface area contributed by atoms with Gasteiger partial charge in [-0.25, -0.2) is 4.98 Å². The third-order valence-corrected chi connectivity index (χ3v) is 4.76. The number of hydrogen-bond donors (Lipinski definition) is 1. The molecule has 0 radical (unpaired) electrons. The summed E-state index contributed by atoms with van der Waals surface area (Å²) in [6, 6.07) is 1.19. The van der Waals surface area contributed by atoms with Crippen molar-refractivity contribution in [3.63, 3.8) is 0 Å². The number of aromatic nitrogens is 1. The van der Waals surface area contributed by atoms with Gasteiger partial charge < -0.3 is 10.2 Å². The highest BCUT2D eigenvalue weighted by Gasteiger charge is 2.27. The van der Waals surface area contributed by atoms with Crippen LogP contribution in [0, 0.1) is 0 Å². The van der Waals surface area contributed by atoms with E-state index in [2.05, 4.69) is 50.4 Å². The number of nitrogens with zero attached hydrogens (tertiary/aromatic N) is 2. The van der Waals surface area contributed by atoms with E-state index in [0.717, 1.165) is 22.8 Å². The van der Waals surface area contributed by atoms with E-state index in [9.17, 15) is 0 Å². The van der Waals surface area contributed by atoms with Crippen LogP contribution in [0.25, 0.3) is 0 Å². The number of anilines is 1. The smallest absolute Gasteiger partial charge is 0.186 e. The summed E-state index contributed by atoms with van der Waals surface area (Å²) in [5.41, 5.74) is 0. The number of nitrogens with one attached hydrogen (secondary N) is 1. The van der Waals surface area contributed by atoms with E-state index in [1.165, 1.54) is 12.8 Å². The summed E-state index contributed by atoms with van der Waals surface area (Å²) in [6.07, 6.45) is 2.35. The molecular weight excluding hydrogens is 286 g/mol. The van der Waals surface area contributed by atoms with Crippen LogP contribution in [-0.2, 0) is 0 Å². The van der Waals surface area contributed by atoms with Crippen LogP contribution in [0.3, 0.4) is 0 Å². The Kier molecular flexibility index (Phi) is 4.21. The predicted octanol–water partition coefficient (Wildman–Crippen LogP) is 2.87. The fraction of sp³-hybridized carbons (Fsp3) is 0.727. The molecule has 0 spiro atoms. The zero-order valence-corrected chi connectivity index (χ0v) is 12.1. The van der Waals surface area contributed by atoms with Gasteiger partial charge in [0.25, 0.3) is 0 Å². The molecule has 0 aliphatic carbocycles. The number of piperazine rings is 1. The maximum absolute atomic E-state index is 4.53. The van der Waals surface area contributed by atoms with Crippen LogP contribution in [0.2, 0.25) is 0 Å². The molecule has 1 saturated heterocycles. The standard InChI is InChI=1S/C11H18BrN3S/c1-3-8-6-15(9(4-2)5-13-8)11-14-10(12)7-16-11/h7-9,13H,3-6H2,1-2H3. The number of thiazole rings is 1. The van der Waals surface area contributed by atoms with Gasteiger partial charge in [0.15, 0.2) is 5.13 Å². The quantitative estimate of drug-likeness (QED) is 0.931. The Morgan fingerprint density at radius 2 is 2.38 bits per heavy atom. The Bertz CT molecular complexity index is 342. The molecule has 90 valence electrons. The van der Waals surface area contributed by atoms with Crippen molar-refractivity contribution in [1.29, 1.82) is 0 Å². The van der Waals surface area contributed by atoms with Gasteiger partial charge in [0.05, 0.1) is 0 Å². The third-order valence-electron chi connectivity index (χ3n) is 3.17. The maximum Gasteiger partial charge on any atom is 0.186 e. The minimum atomic E-state index is 0.584. The third kappa shape index (κ3) is 2.57. The molecule has 1 aliphatic rings. The molecule has 16 heavy (non-hydrogen) atoms. The van der Waals surface area contributed by atoms with Gasteiger partial charge >= 0.3 is 0 Å². The monoisotopic (exact) mass is 303 g/mol. The Hall–Kier alpha value is -0.130. The predicted molar refractivity (Wildman–Crippen MR) is 73.3 cm³/mol. The van der Waals surface area contributed by atoms with Crippen molar-refractivity contribution in [3.8, 4) is 0 Å². The molecular formula is C11H18BrN3S. The normalized spacial score (nSPS) is 26.1. The lowest BCUT2D eigenvalue weighted by Crippen LogP contribution is -2.56. The van der Waals surface area contributed by atoms with Gasteiger partial charge in [0.1, 0.15) is 4.60 Å². The molecule has 2 unspecified atom stereocenters. The van der Waals surface area contributed by atoms with E-state index in [1.807, 2.05) is 0 Å². The first-order chi connectivity index (χ1) is 7.74. The summed E-state index contributed by atoms with van der Waals surface area (Å²) in [6.45, 7) is 6.63. The molecule has 2 heterocycles. The molecule has 1 N–H and O–H groups in total. The fourth-order valence-corrected chi connectivity index (χ4v) is 3.44. The van der Waals surface area contributed by atoms with Gasteiger partial charge in [-0.2, -0.15) is 0 Å². The summed E-state index contributed by atoms with van der Waals surface area (Å²) in [5, 5.41) is 6.81. The molecule has 1 aliphatic heterocycles. The van der Waals surface area contributed by atoms with Gasteiger partial charge in [0.2, 0.25) is 0 Å². The maximum atomic E-state index is 4.53. The molecule has 0 saturated carbocycles. The summed E-state index contributed by atoms with van der Waals surface area (Å²) < 4.78 is 0.953. The van der Waals surface area contributed by atoms with Gasteiger partial charge in [-0.3, -0.25) is 0 Å². The van der Waals surface area contributed by atoms with Crippen LogP contribution in [-0.4, -0.2) is 30.2 Å². The van der Waals surface area contributed by atoms with Crippen molar-refractivity contribution in [3.05, 3.63) is 9.98 Å². The average Bonchev–Trinajstić information content (AvgIpc) is 2.75. The van der Waals surface area contributed by atoms with Crippen molar-refractivity contribution < 1.29 is 0 Å². The molecule has 1 aromatic heterocycles. The molecule has 3 nitrogen and oxygen atoms in total. The van der Waals surface area contributed by atoms with E-state index >= 15 is 0 Å². The molecule has 0 aromatic carbocycles. The van der Waals surface area contributed by atoms with Crippen molar-refractivity contribution in [2.45, 2.75) is 38.8 Å². The average molecular weight is 304 g/mol. The highest BCUT2D eigenvalue weighted by atomic mass is 79.9. The van der Waals surface area contributed by atoms with Crippen molar-refractivity contribution in [2.75, 3.05) is 18.0 Å². The molecule has 2 rings (SSSR count). The minimum Gasteiger partial charge on any atom is -0.342 e. The zero-order valence-electron chi connectivity index (χ0n) is 9.74. The molecule has 2 atom stereocenters. The molecule has 0 amide bonds. The summed E-state index contributed by atoms with van der Waals surface area (Å²) >= 11 is 5.16.